The van der Waals surface area contributed by atoms with Gasteiger partial charge in [-0.2, -0.15) is 0 Å². The minimum absolute atomic E-state index is 0.147. The molecule has 0 N–H and O–H groups in total. The van der Waals surface area contributed by atoms with E-state index in [1.165, 1.54) is 11.1 Å². The third-order valence-corrected chi connectivity index (χ3v) is 3.46. The molecular formula is C14H22O2. The molecular weight excluding hydrogens is 200 g/mol. The summed E-state index contributed by atoms with van der Waals surface area (Å²) >= 11 is 0. The van der Waals surface area contributed by atoms with Gasteiger partial charge in [0.25, 0.3) is 0 Å². The van der Waals surface area contributed by atoms with Crippen molar-refractivity contribution < 1.29 is 9.53 Å². The number of ether oxygens (including phenoxy) is 1. The summed E-state index contributed by atoms with van der Waals surface area (Å²) in [4.78, 5) is 11.6. The van der Waals surface area contributed by atoms with Crippen LogP contribution in [0.3, 0.4) is 0 Å². The first-order chi connectivity index (χ1) is 7.56. The molecule has 0 bridgehead atoms. The molecule has 1 rings (SSSR count). The minimum atomic E-state index is 0.147. The van der Waals surface area contributed by atoms with E-state index in [0.717, 1.165) is 12.8 Å². The molecule has 1 aliphatic carbocycles. The molecule has 0 saturated heterocycles. The summed E-state index contributed by atoms with van der Waals surface area (Å²) in [7, 11) is 0. The normalized spacial score (nSPS) is 26.2. The smallest absolute Gasteiger partial charge is 0.133 e. The lowest BCUT2D eigenvalue weighted by Crippen LogP contribution is -2.29. The number of Topliss-reactive ketones (excluding diaryl/α,β-unsaturated/α-hetero) is 1. The van der Waals surface area contributed by atoms with Gasteiger partial charge in [-0.25, -0.2) is 0 Å². The van der Waals surface area contributed by atoms with Crippen LogP contribution in [0.25, 0.3) is 0 Å². The summed E-state index contributed by atoms with van der Waals surface area (Å²) in [5, 5.41) is 0. The van der Waals surface area contributed by atoms with Gasteiger partial charge in [0, 0.05) is 11.8 Å². The lowest BCUT2D eigenvalue weighted by atomic mass is 9.75. The van der Waals surface area contributed by atoms with Gasteiger partial charge in [-0.3, -0.25) is 4.79 Å². The number of hydrogen-bond donors (Lipinski definition) is 0. The number of allylic oxidation sites excluding steroid dienone is 3. The largest absolute Gasteiger partial charge is 0.501 e. The lowest BCUT2D eigenvalue weighted by Gasteiger charge is -2.31. The first kappa shape index (κ1) is 13.0. The van der Waals surface area contributed by atoms with E-state index < -0.39 is 0 Å². The summed E-state index contributed by atoms with van der Waals surface area (Å²) in [5.74, 6) is 0.785. The van der Waals surface area contributed by atoms with Gasteiger partial charge in [0.15, 0.2) is 0 Å². The maximum Gasteiger partial charge on any atom is 0.133 e. The molecule has 2 atom stereocenters. The van der Waals surface area contributed by atoms with Crippen LogP contribution in [0.15, 0.2) is 23.5 Å². The molecule has 2 nitrogen and oxygen atoms in total. The van der Waals surface area contributed by atoms with Gasteiger partial charge in [-0.05, 0) is 40.5 Å². The Labute approximate surface area is 98.4 Å². The highest BCUT2D eigenvalue weighted by molar-refractivity contribution is 5.79. The predicted octanol–water partition coefficient (Wildman–Crippen LogP) is 3.49. The molecule has 0 aromatic rings. The Morgan fingerprint density at radius 2 is 2.00 bits per heavy atom. The van der Waals surface area contributed by atoms with Gasteiger partial charge in [-0.1, -0.05) is 17.2 Å². The Balaban J connectivity index is 2.68. The third-order valence-electron chi connectivity index (χ3n) is 3.46. The molecule has 0 saturated carbocycles. The van der Waals surface area contributed by atoms with Crippen molar-refractivity contribution >= 4 is 5.78 Å². The summed E-state index contributed by atoms with van der Waals surface area (Å²) in [6.45, 7) is 8.57. The second kappa shape index (κ2) is 5.88. The highest BCUT2D eigenvalue weighted by Crippen LogP contribution is 2.34. The van der Waals surface area contributed by atoms with Gasteiger partial charge in [0.1, 0.15) is 5.78 Å². The van der Waals surface area contributed by atoms with E-state index in [2.05, 4.69) is 13.8 Å². The number of rotatable bonds is 4. The van der Waals surface area contributed by atoms with E-state index in [1.807, 2.05) is 13.0 Å². The van der Waals surface area contributed by atoms with Crippen molar-refractivity contribution in [1.29, 1.82) is 0 Å². The average molecular weight is 222 g/mol. The molecule has 0 amide bonds. The topological polar surface area (TPSA) is 26.3 Å². The predicted molar refractivity (Wildman–Crippen MR) is 66.0 cm³/mol. The van der Waals surface area contributed by atoms with Crippen LogP contribution in [-0.4, -0.2) is 12.4 Å². The Kier molecular flexibility index (Phi) is 4.78. The van der Waals surface area contributed by atoms with Gasteiger partial charge < -0.3 is 4.74 Å². The third kappa shape index (κ3) is 3.22. The second-order valence-corrected chi connectivity index (χ2v) is 4.75. The maximum absolute atomic E-state index is 11.6. The number of carbonyl (C=O) groups excluding carboxylic acids is 1. The molecule has 2 heteroatoms. The fourth-order valence-corrected chi connectivity index (χ4v) is 2.31. The van der Waals surface area contributed by atoms with E-state index in [0.29, 0.717) is 18.3 Å². The van der Waals surface area contributed by atoms with Crippen molar-refractivity contribution in [2.24, 2.45) is 11.8 Å². The SMILES string of the molecule is C/C=C\OC[C@@H]1CC(C)=C(C)C[C@H]1C(C)=O. The Bertz CT molecular complexity index is 313. The van der Waals surface area contributed by atoms with E-state index in [-0.39, 0.29) is 5.92 Å². The fraction of sp³-hybridized carbons (Fsp3) is 0.643. The van der Waals surface area contributed by atoms with Gasteiger partial charge in [-0.15, -0.1) is 0 Å². The monoisotopic (exact) mass is 222 g/mol. The minimum Gasteiger partial charge on any atom is -0.501 e. The van der Waals surface area contributed by atoms with Crippen molar-refractivity contribution in [3.05, 3.63) is 23.5 Å². The molecule has 0 aromatic carbocycles. The molecule has 90 valence electrons. The zero-order chi connectivity index (χ0) is 12.1. The zero-order valence-electron chi connectivity index (χ0n) is 10.7. The molecule has 1 aliphatic rings. The Morgan fingerprint density at radius 1 is 1.38 bits per heavy atom. The highest BCUT2D eigenvalue weighted by atomic mass is 16.5. The molecule has 0 heterocycles. The second-order valence-electron chi connectivity index (χ2n) is 4.75. The average Bonchev–Trinajstić information content (AvgIpc) is 2.23. The first-order valence-electron chi connectivity index (χ1n) is 5.94. The lowest BCUT2D eigenvalue weighted by molar-refractivity contribution is -0.123. The molecule has 0 fully saturated rings. The Morgan fingerprint density at radius 3 is 2.56 bits per heavy atom. The molecule has 16 heavy (non-hydrogen) atoms. The van der Waals surface area contributed by atoms with Crippen LogP contribution in [0, 0.1) is 11.8 Å². The molecule has 0 aliphatic heterocycles. The van der Waals surface area contributed by atoms with Gasteiger partial charge in [0.2, 0.25) is 0 Å². The van der Waals surface area contributed by atoms with Crippen molar-refractivity contribution in [1.82, 2.24) is 0 Å². The number of hydrogen-bond acceptors (Lipinski definition) is 2. The molecule has 0 unspecified atom stereocenters. The van der Waals surface area contributed by atoms with E-state index >= 15 is 0 Å². The van der Waals surface area contributed by atoms with Crippen molar-refractivity contribution in [2.75, 3.05) is 6.61 Å². The Hall–Kier alpha value is -1.05. The number of carbonyl (C=O) groups is 1. The van der Waals surface area contributed by atoms with Crippen LogP contribution in [0.4, 0.5) is 0 Å². The summed E-state index contributed by atoms with van der Waals surface area (Å²) in [6, 6.07) is 0. The summed E-state index contributed by atoms with van der Waals surface area (Å²) in [6.07, 6.45) is 5.48. The van der Waals surface area contributed by atoms with E-state index in [4.69, 9.17) is 4.74 Å². The van der Waals surface area contributed by atoms with Crippen LogP contribution in [0.1, 0.15) is 40.5 Å². The standard InChI is InChI=1S/C14H22O2/c1-5-6-16-9-13-7-10(2)11(3)8-14(13)12(4)15/h5-6,13-14H,7-9H2,1-4H3/b6-5-/t13-,14-/m0/s1. The van der Waals surface area contributed by atoms with E-state index in [1.54, 1.807) is 13.2 Å². The summed E-state index contributed by atoms with van der Waals surface area (Å²) < 4.78 is 5.43. The number of ketones is 1. The van der Waals surface area contributed by atoms with Crippen LogP contribution in [-0.2, 0) is 9.53 Å². The molecule has 0 spiro atoms. The summed E-state index contributed by atoms with van der Waals surface area (Å²) in [5.41, 5.74) is 2.80. The van der Waals surface area contributed by atoms with Crippen molar-refractivity contribution in [2.45, 2.75) is 40.5 Å². The zero-order valence-corrected chi connectivity index (χ0v) is 10.7. The molecule has 0 aromatic heterocycles. The van der Waals surface area contributed by atoms with Gasteiger partial charge >= 0.3 is 0 Å². The quantitative estimate of drug-likeness (QED) is 0.537. The van der Waals surface area contributed by atoms with E-state index in [9.17, 15) is 4.79 Å². The van der Waals surface area contributed by atoms with Crippen molar-refractivity contribution in [3.63, 3.8) is 0 Å². The van der Waals surface area contributed by atoms with Crippen LogP contribution in [0.2, 0.25) is 0 Å². The fourth-order valence-electron chi connectivity index (χ4n) is 2.31. The van der Waals surface area contributed by atoms with Gasteiger partial charge in [0.05, 0.1) is 12.9 Å². The maximum atomic E-state index is 11.6. The van der Waals surface area contributed by atoms with Crippen LogP contribution >= 0.6 is 0 Å². The first-order valence-corrected chi connectivity index (χ1v) is 5.94. The van der Waals surface area contributed by atoms with Crippen LogP contribution < -0.4 is 0 Å². The highest BCUT2D eigenvalue weighted by Gasteiger charge is 2.30. The van der Waals surface area contributed by atoms with Crippen molar-refractivity contribution in [3.8, 4) is 0 Å². The molecule has 0 radical (unpaired) electrons. The van der Waals surface area contributed by atoms with Crippen LogP contribution in [0.5, 0.6) is 0 Å².